The topological polar surface area (TPSA) is 60.2 Å². The molecule has 0 spiro atoms. The fraction of sp³-hybridized carbons (Fsp3) is 0.222. The molecule has 0 aliphatic carbocycles. The van der Waals surface area contributed by atoms with E-state index in [1.807, 2.05) is 30.3 Å². The van der Waals surface area contributed by atoms with Gasteiger partial charge in [0.05, 0.1) is 18.1 Å². The quantitative estimate of drug-likeness (QED) is 0.605. The fourth-order valence-electron chi connectivity index (χ4n) is 2.34. The minimum atomic E-state index is 0.119. The third kappa shape index (κ3) is 4.39. The van der Waals surface area contributed by atoms with Gasteiger partial charge in [-0.15, -0.1) is 10.2 Å². The zero-order chi connectivity index (χ0) is 17.8. The van der Waals surface area contributed by atoms with Gasteiger partial charge in [-0.1, -0.05) is 17.7 Å². The molecule has 2 aromatic carbocycles. The molecule has 0 amide bonds. The summed E-state index contributed by atoms with van der Waals surface area (Å²) in [5.74, 6) is 1.82. The van der Waals surface area contributed by atoms with E-state index in [-0.39, 0.29) is 6.04 Å². The molecule has 1 N–H and O–H groups in total. The van der Waals surface area contributed by atoms with Crippen LogP contribution in [-0.4, -0.2) is 17.3 Å². The first-order chi connectivity index (χ1) is 12.1. The van der Waals surface area contributed by atoms with E-state index in [4.69, 9.17) is 20.8 Å². The molecular weight excluding hydrogens is 406 g/mol. The van der Waals surface area contributed by atoms with Gasteiger partial charge in [0.15, 0.2) is 0 Å². The minimum Gasteiger partial charge on any atom is -0.496 e. The lowest BCUT2D eigenvalue weighted by atomic mass is 10.1. The van der Waals surface area contributed by atoms with Crippen molar-refractivity contribution in [1.82, 2.24) is 15.5 Å². The maximum atomic E-state index is 5.89. The summed E-state index contributed by atoms with van der Waals surface area (Å²) in [5, 5.41) is 12.2. The Morgan fingerprint density at radius 1 is 1.20 bits per heavy atom. The first-order valence-electron chi connectivity index (χ1n) is 7.72. The Kier molecular flexibility index (Phi) is 5.73. The van der Waals surface area contributed by atoms with Crippen molar-refractivity contribution in [2.24, 2.45) is 0 Å². The number of halogens is 2. The van der Waals surface area contributed by atoms with E-state index < -0.39 is 0 Å². The molecule has 0 bridgehead atoms. The summed E-state index contributed by atoms with van der Waals surface area (Å²) >= 11 is 9.39. The van der Waals surface area contributed by atoms with Gasteiger partial charge in [0, 0.05) is 16.6 Å². The van der Waals surface area contributed by atoms with Gasteiger partial charge in [-0.05, 0) is 64.8 Å². The summed E-state index contributed by atoms with van der Waals surface area (Å²) < 4.78 is 11.9. The standard InChI is InChI=1S/C18H17BrClN3O2/c1-11(13-5-8-16(24-2)15(19)9-13)21-10-17-22-23-18(25-17)12-3-6-14(20)7-4-12/h3-9,11,21H,10H2,1-2H3. The van der Waals surface area contributed by atoms with E-state index in [9.17, 15) is 0 Å². The number of hydrogen-bond acceptors (Lipinski definition) is 5. The molecule has 0 fully saturated rings. The molecule has 3 aromatic rings. The van der Waals surface area contributed by atoms with Crippen LogP contribution in [0.5, 0.6) is 5.75 Å². The average Bonchev–Trinajstić information content (AvgIpc) is 3.09. The lowest BCUT2D eigenvalue weighted by Gasteiger charge is -2.14. The van der Waals surface area contributed by atoms with Gasteiger partial charge >= 0.3 is 0 Å². The van der Waals surface area contributed by atoms with Crippen LogP contribution in [0.3, 0.4) is 0 Å². The summed E-state index contributed by atoms with van der Waals surface area (Å²) in [5.41, 5.74) is 1.97. The van der Waals surface area contributed by atoms with Crippen LogP contribution in [0.1, 0.15) is 24.4 Å². The lowest BCUT2D eigenvalue weighted by molar-refractivity contribution is 0.411. The number of methoxy groups -OCH3 is 1. The van der Waals surface area contributed by atoms with Crippen LogP contribution in [0.15, 0.2) is 51.4 Å². The van der Waals surface area contributed by atoms with E-state index in [1.54, 1.807) is 19.2 Å². The summed E-state index contributed by atoms with van der Waals surface area (Å²) in [6.45, 7) is 2.55. The van der Waals surface area contributed by atoms with E-state index >= 15 is 0 Å². The molecule has 1 atom stereocenters. The van der Waals surface area contributed by atoms with Crippen LogP contribution in [-0.2, 0) is 6.54 Å². The predicted molar refractivity (Wildman–Crippen MR) is 101 cm³/mol. The monoisotopic (exact) mass is 421 g/mol. The Bertz CT molecular complexity index is 852. The SMILES string of the molecule is COc1ccc(C(C)NCc2nnc(-c3ccc(Cl)cc3)o2)cc1Br. The molecule has 1 aromatic heterocycles. The summed E-state index contributed by atoms with van der Waals surface area (Å²) in [6.07, 6.45) is 0. The number of rotatable bonds is 6. The largest absolute Gasteiger partial charge is 0.496 e. The van der Waals surface area contributed by atoms with Gasteiger partial charge in [-0.3, -0.25) is 0 Å². The molecule has 5 nitrogen and oxygen atoms in total. The van der Waals surface area contributed by atoms with Crippen molar-refractivity contribution >= 4 is 27.5 Å². The number of nitrogens with zero attached hydrogens (tertiary/aromatic N) is 2. The lowest BCUT2D eigenvalue weighted by Crippen LogP contribution is -2.18. The van der Waals surface area contributed by atoms with Crippen molar-refractivity contribution in [2.75, 3.05) is 7.11 Å². The number of hydrogen-bond donors (Lipinski definition) is 1. The molecule has 0 aliphatic heterocycles. The molecule has 3 rings (SSSR count). The van der Waals surface area contributed by atoms with Crippen molar-refractivity contribution in [1.29, 1.82) is 0 Å². The molecular formula is C18H17BrClN3O2. The first-order valence-corrected chi connectivity index (χ1v) is 8.89. The van der Waals surface area contributed by atoms with Crippen molar-refractivity contribution in [2.45, 2.75) is 19.5 Å². The van der Waals surface area contributed by atoms with Crippen LogP contribution in [0.2, 0.25) is 5.02 Å². The predicted octanol–water partition coefficient (Wildman–Crippen LogP) is 5.01. The molecule has 7 heteroatoms. The molecule has 1 unspecified atom stereocenters. The molecule has 0 aliphatic rings. The maximum Gasteiger partial charge on any atom is 0.247 e. The second-order valence-corrected chi connectivity index (χ2v) is 6.80. The molecule has 0 saturated heterocycles. The van der Waals surface area contributed by atoms with Gasteiger partial charge in [-0.25, -0.2) is 0 Å². The van der Waals surface area contributed by atoms with Gasteiger partial charge in [-0.2, -0.15) is 0 Å². The Hall–Kier alpha value is -1.89. The highest BCUT2D eigenvalue weighted by Crippen LogP contribution is 2.28. The van der Waals surface area contributed by atoms with Crippen molar-refractivity contribution in [3.63, 3.8) is 0 Å². The van der Waals surface area contributed by atoms with Gasteiger partial charge in [0.1, 0.15) is 5.75 Å². The highest BCUT2D eigenvalue weighted by molar-refractivity contribution is 9.10. The normalized spacial score (nSPS) is 12.2. The van der Waals surface area contributed by atoms with Crippen molar-refractivity contribution in [3.05, 3.63) is 63.4 Å². The molecule has 1 heterocycles. The fourth-order valence-corrected chi connectivity index (χ4v) is 3.03. The van der Waals surface area contributed by atoms with Crippen LogP contribution in [0.25, 0.3) is 11.5 Å². The maximum absolute atomic E-state index is 5.89. The molecule has 130 valence electrons. The summed E-state index contributed by atoms with van der Waals surface area (Å²) in [6, 6.07) is 13.4. The number of benzene rings is 2. The number of nitrogens with one attached hydrogen (secondary N) is 1. The molecule has 0 saturated carbocycles. The second-order valence-electron chi connectivity index (χ2n) is 5.50. The minimum absolute atomic E-state index is 0.119. The van der Waals surface area contributed by atoms with Crippen LogP contribution < -0.4 is 10.1 Å². The van der Waals surface area contributed by atoms with Crippen molar-refractivity contribution < 1.29 is 9.15 Å². The zero-order valence-electron chi connectivity index (χ0n) is 13.8. The van der Waals surface area contributed by atoms with Gasteiger partial charge in [0.25, 0.3) is 0 Å². The van der Waals surface area contributed by atoms with Crippen LogP contribution >= 0.6 is 27.5 Å². The third-order valence-corrected chi connectivity index (χ3v) is 4.67. The van der Waals surface area contributed by atoms with Gasteiger partial charge < -0.3 is 14.5 Å². The zero-order valence-corrected chi connectivity index (χ0v) is 16.1. The summed E-state index contributed by atoms with van der Waals surface area (Å²) in [4.78, 5) is 0. The van der Waals surface area contributed by atoms with E-state index in [0.29, 0.717) is 23.3 Å². The Morgan fingerprint density at radius 3 is 2.64 bits per heavy atom. The van der Waals surface area contributed by atoms with E-state index in [1.165, 1.54) is 0 Å². The Balaban J connectivity index is 1.63. The Morgan fingerprint density at radius 2 is 1.96 bits per heavy atom. The van der Waals surface area contributed by atoms with E-state index in [2.05, 4.69) is 38.4 Å². The van der Waals surface area contributed by atoms with Gasteiger partial charge in [0.2, 0.25) is 11.8 Å². The number of ether oxygens (including phenoxy) is 1. The third-order valence-electron chi connectivity index (χ3n) is 3.79. The Labute approximate surface area is 159 Å². The highest BCUT2D eigenvalue weighted by Gasteiger charge is 2.12. The average molecular weight is 423 g/mol. The highest BCUT2D eigenvalue weighted by atomic mass is 79.9. The second kappa shape index (κ2) is 7.99. The smallest absolute Gasteiger partial charge is 0.247 e. The van der Waals surface area contributed by atoms with Crippen LogP contribution in [0, 0.1) is 0 Å². The van der Waals surface area contributed by atoms with Crippen LogP contribution in [0.4, 0.5) is 0 Å². The number of aromatic nitrogens is 2. The first kappa shape index (κ1) is 17.9. The molecule has 25 heavy (non-hydrogen) atoms. The van der Waals surface area contributed by atoms with Crippen molar-refractivity contribution in [3.8, 4) is 17.2 Å². The summed E-state index contributed by atoms with van der Waals surface area (Å²) in [7, 11) is 1.65. The molecule has 0 radical (unpaired) electrons. The van der Waals surface area contributed by atoms with E-state index in [0.717, 1.165) is 21.3 Å².